The Kier molecular flexibility index (Phi) is 5.27. The Morgan fingerprint density at radius 1 is 1.03 bits per heavy atom. The molecule has 1 atom stereocenters. The molecule has 4 aromatic rings. The van der Waals surface area contributed by atoms with Gasteiger partial charge in [-0.2, -0.15) is 0 Å². The van der Waals surface area contributed by atoms with Crippen molar-refractivity contribution in [3.8, 4) is 0 Å². The molecule has 1 amide bonds. The molecule has 2 heterocycles. The minimum absolute atomic E-state index is 0.0332. The summed E-state index contributed by atoms with van der Waals surface area (Å²) in [5.41, 5.74) is 1.87. The molecule has 0 spiro atoms. The van der Waals surface area contributed by atoms with Crippen LogP contribution in [-0.2, 0) is 6.54 Å². The van der Waals surface area contributed by atoms with Gasteiger partial charge >= 0.3 is 0 Å². The fourth-order valence-corrected chi connectivity index (χ4v) is 4.66. The second kappa shape index (κ2) is 8.11. The van der Waals surface area contributed by atoms with Gasteiger partial charge in [-0.15, -0.1) is 11.8 Å². The van der Waals surface area contributed by atoms with Gasteiger partial charge in [0.05, 0.1) is 17.0 Å². The lowest BCUT2D eigenvalue weighted by atomic mass is 9.98. The monoisotopic (exact) mass is 465 g/mol. The first-order valence-corrected chi connectivity index (χ1v) is 11.5. The Morgan fingerprint density at radius 2 is 1.75 bits per heavy atom. The van der Waals surface area contributed by atoms with Gasteiger partial charge < -0.3 is 9.32 Å². The van der Waals surface area contributed by atoms with Gasteiger partial charge in [-0.1, -0.05) is 35.9 Å². The highest BCUT2D eigenvalue weighted by atomic mass is 35.5. The zero-order valence-corrected chi connectivity index (χ0v) is 18.5. The number of carbonyl (C=O) groups is 1. The van der Waals surface area contributed by atoms with Crippen LogP contribution in [0.25, 0.3) is 11.0 Å². The van der Waals surface area contributed by atoms with E-state index < -0.39 is 6.04 Å². The van der Waals surface area contributed by atoms with E-state index in [0.717, 1.165) is 16.0 Å². The number of amides is 1. The van der Waals surface area contributed by atoms with Crippen LogP contribution in [0.15, 0.2) is 80.8 Å². The lowest BCUT2D eigenvalue weighted by Crippen LogP contribution is -2.29. The van der Waals surface area contributed by atoms with Crippen LogP contribution in [0.1, 0.15) is 33.3 Å². The van der Waals surface area contributed by atoms with Gasteiger partial charge in [-0.3, -0.25) is 9.59 Å². The molecule has 32 heavy (non-hydrogen) atoms. The molecule has 1 aliphatic heterocycles. The van der Waals surface area contributed by atoms with Crippen molar-refractivity contribution < 1.29 is 13.6 Å². The van der Waals surface area contributed by atoms with Crippen LogP contribution < -0.4 is 5.43 Å². The molecule has 0 N–H and O–H groups in total. The van der Waals surface area contributed by atoms with Crippen molar-refractivity contribution in [2.75, 3.05) is 6.26 Å². The van der Waals surface area contributed by atoms with Gasteiger partial charge in [0.25, 0.3) is 5.91 Å². The molecule has 3 aromatic carbocycles. The second-order valence-electron chi connectivity index (χ2n) is 7.55. The van der Waals surface area contributed by atoms with E-state index in [1.165, 1.54) is 12.1 Å². The molecule has 0 aliphatic carbocycles. The maximum atomic E-state index is 13.5. The lowest BCUT2D eigenvalue weighted by Gasteiger charge is -2.25. The average molecular weight is 466 g/mol. The van der Waals surface area contributed by atoms with Crippen molar-refractivity contribution >= 4 is 40.2 Å². The molecule has 7 heteroatoms. The third kappa shape index (κ3) is 3.49. The highest BCUT2D eigenvalue weighted by molar-refractivity contribution is 7.98. The van der Waals surface area contributed by atoms with Crippen molar-refractivity contribution in [2.24, 2.45) is 0 Å². The number of fused-ring (bicyclic) bond motifs is 2. The smallest absolute Gasteiger partial charge is 0.291 e. The maximum Gasteiger partial charge on any atom is 0.291 e. The molecule has 1 aromatic heterocycles. The van der Waals surface area contributed by atoms with E-state index >= 15 is 0 Å². The molecule has 0 saturated carbocycles. The number of hydrogen-bond donors (Lipinski definition) is 0. The van der Waals surface area contributed by atoms with E-state index in [1.54, 1.807) is 47.0 Å². The Morgan fingerprint density at radius 3 is 2.44 bits per heavy atom. The first-order chi connectivity index (χ1) is 15.5. The zero-order chi connectivity index (χ0) is 22.4. The molecule has 1 aliphatic rings. The summed E-state index contributed by atoms with van der Waals surface area (Å²) >= 11 is 7.72. The third-order valence-corrected chi connectivity index (χ3v) is 6.60. The minimum atomic E-state index is -0.627. The number of carbonyl (C=O) groups excluding carboxylic acids is 1. The molecule has 5 rings (SSSR count). The fourth-order valence-electron chi connectivity index (χ4n) is 4.07. The molecular formula is C25H17ClFNO3S. The summed E-state index contributed by atoms with van der Waals surface area (Å²) < 4.78 is 19.3. The van der Waals surface area contributed by atoms with E-state index in [4.69, 9.17) is 16.0 Å². The Labute approximate surface area is 192 Å². The average Bonchev–Trinajstić information content (AvgIpc) is 3.08. The second-order valence-corrected chi connectivity index (χ2v) is 8.87. The Balaban J connectivity index is 1.70. The molecular weight excluding hydrogens is 449 g/mol. The molecule has 4 nitrogen and oxygen atoms in total. The van der Waals surface area contributed by atoms with Crippen LogP contribution in [0.5, 0.6) is 0 Å². The molecule has 0 saturated heterocycles. The van der Waals surface area contributed by atoms with Gasteiger partial charge in [-0.05, 0) is 59.8 Å². The lowest BCUT2D eigenvalue weighted by molar-refractivity contribution is 0.0714. The molecule has 0 bridgehead atoms. The van der Waals surface area contributed by atoms with Crippen molar-refractivity contribution in [1.29, 1.82) is 0 Å². The van der Waals surface area contributed by atoms with Crippen LogP contribution in [0.4, 0.5) is 4.39 Å². The van der Waals surface area contributed by atoms with Gasteiger partial charge in [0.2, 0.25) is 5.76 Å². The number of nitrogens with zero attached hydrogens (tertiary/aromatic N) is 1. The van der Waals surface area contributed by atoms with Gasteiger partial charge in [0.1, 0.15) is 11.4 Å². The molecule has 160 valence electrons. The van der Waals surface area contributed by atoms with Crippen LogP contribution in [0.3, 0.4) is 0 Å². The summed E-state index contributed by atoms with van der Waals surface area (Å²) in [6.45, 7) is 0.203. The normalized spacial score (nSPS) is 15.4. The quantitative estimate of drug-likeness (QED) is 0.344. The van der Waals surface area contributed by atoms with Crippen molar-refractivity contribution in [1.82, 2.24) is 4.90 Å². The summed E-state index contributed by atoms with van der Waals surface area (Å²) in [4.78, 5) is 29.6. The Hall–Kier alpha value is -3.09. The van der Waals surface area contributed by atoms with E-state index in [-0.39, 0.29) is 29.5 Å². The SMILES string of the molecule is CSc1ccc(C2c3c(oc4ccc(Cl)cc4c3=O)C(=O)N2Cc2ccc(F)cc2)cc1. The topological polar surface area (TPSA) is 50.5 Å². The summed E-state index contributed by atoms with van der Waals surface area (Å²) in [5.74, 6) is -0.697. The minimum Gasteiger partial charge on any atom is -0.450 e. The Bertz CT molecular complexity index is 1400. The number of halogens is 2. The van der Waals surface area contributed by atoms with Gasteiger partial charge in [0, 0.05) is 16.5 Å². The van der Waals surface area contributed by atoms with Crippen LogP contribution in [0.2, 0.25) is 5.02 Å². The third-order valence-electron chi connectivity index (χ3n) is 5.63. The van der Waals surface area contributed by atoms with Crippen LogP contribution in [-0.4, -0.2) is 17.1 Å². The van der Waals surface area contributed by atoms with Gasteiger partial charge in [-0.25, -0.2) is 4.39 Å². The van der Waals surface area contributed by atoms with E-state index in [0.29, 0.717) is 21.6 Å². The van der Waals surface area contributed by atoms with Gasteiger partial charge in [0.15, 0.2) is 5.43 Å². The highest BCUT2D eigenvalue weighted by Gasteiger charge is 2.42. The number of benzene rings is 3. The molecule has 0 radical (unpaired) electrons. The van der Waals surface area contributed by atoms with E-state index in [9.17, 15) is 14.0 Å². The summed E-state index contributed by atoms with van der Waals surface area (Å²) in [7, 11) is 0. The summed E-state index contributed by atoms with van der Waals surface area (Å²) in [6, 6.07) is 17.9. The standard InChI is InChI=1S/C25H17ClFNO3S/c1-32-18-9-4-15(5-10-18)22-21-23(29)19-12-16(26)6-11-20(19)31-24(21)25(30)28(22)13-14-2-7-17(27)8-3-14/h2-12,22H,13H2,1H3. The first-order valence-electron chi connectivity index (χ1n) is 9.92. The van der Waals surface area contributed by atoms with Crippen LogP contribution >= 0.6 is 23.4 Å². The predicted octanol–water partition coefficient (Wildman–Crippen LogP) is 6.05. The fraction of sp³-hybridized carbons (Fsp3) is 0.120. The van der Waals surface area contributed by atoms with E-state index in [1.807, 2.05) is 30.5 Å². The van der Waals surface area contributed by atoms with E-state index in [2.05, 4.69) is 0 Å². The zero-order valence-electron chi connectivity index (χ0n) is 17.0. The summed E-state index contributed by atoms with van der Waals surface area (Å²) in [6.07, 6.45) is 1.98. The highest BCUT2D eigenvalue weighted by Crippen LogP contribution is 2.39. The number of hydrogen-bond acceptors (Lipinski definition) is 4. The molecule has 1 unspecified atom stereocenters. The molecule has 0 fully saturated rings. The number of rotatable bonds is 4. The number of thioether (sulfide) groups is 1. The van der Waals surface area contributed by atoms with Crippen molar-refractivity contribution in [3.63, 3.8) is 0 Å². The van der Waals surface area contributed by atoms with Crippen molar-refractivity contribution in [2.45, 2.75) is 17.5 Å². The largest absolute Gasteiger partial charge is 0.450 e. The first kappa shape index (κ1) is 20.8. The maximum absolute atomic E-state index is 13.5. The predicted molar refractivity (Wildman–Crippen MR) is 124 cm³/mol. The van der Waals surface area contributed by atoms with Crippen molar-refractivity contribution in [3.05, 3.63) is 110 Å². The summed E-state index contributed by atoms with van der Waals surface area (Å²) in [5, 5.41) is 0.747. The van der Waals surface area contributed by atoms with Crippen LogP contribution in [0, 0.1) is 5.82 Å².